The topological polar surface area (TPSA) is 61.8 Å². The lowest BCUT2D eigenvalue weighted by atomic mass is 9.92. The SMILES string of the molecule is C[C@H]1C[C@@H](C(=O)N(C)CC(O)COCc2ccccc2)CCN1.Cl. The van der Waals surface area contributed by atoms with Gasteiger partial charge in [0.05, 0.1) is 19.3 Å². The minimum atomic E-state index is -0.660. The van der Waals surface area contributed by atoms with E-state index in [1.807, 2.05) is 30.3 Å². The van der Waals surface area contributed by atoms with Crippen LogP contribution in [0.5, 0.6) is 0 Å². The summed E-state index contributed by atoms with van der Waals surface area (Å²) in [6.07, 6.45) is 1.07. The molecule has 1 fully saturated rings. The zero-order chi connectivity index (χ0) is 16.7. The fourth-order valence-electron chi connectivity index (χ4n) is 3.01. The summed E-state index contributed by atoms with van der Waals surface area (Å²) >= 11 is 0. The molecule has 24 heavy (non-hydrogen) atoms. The fourth-order valence-corrected chi connectivity index (χ4v) is 3.01. The van der Waals surface area contributed by atoms with E-state index in [4.69, 9.17) is 4.74 Å². The minimum Gasteiger partial charge on any atom is -0.389 e. The van der Waals surface area contributed by atoms with E-state index < -0.39 is 6.10 Å². The number of aliphatic hydroxyl groups excluding tert-OH is 1. The molecule has 1 aliphatic rings. The zero-order valence-corrected chi connectivity index (χ0v) is 15.3. The average molecular weight is 357 g/mol. The van der Waals surface area contributed by atoms with E-state index in [9.17, 15) is 9.90 Å². The number of piperidine rings is 1. The highest BCUT2D eigenvalue weighted by Gasteiger charge is 2.27. The first kappa shape index (κ1) is 20.9. The molecule has 0 saturated carbocycles. The molecule has 1 aromatic carbocycles. The second-order valence-corrected chi connectivity index (χ2v) is 6.45. The summed E-state index contributed by atoms with van der Waals surface area (Å²) in [5.74, 6) is 0.189. The lowest BCUT2D eigenvalue weighted by molar-refractivity contribution is -0.137. The van der Waals surface area contributed by atoms with Gasteiger partial charge in [-0.1, -0.05) is 30.3 Å². The maximum atomic E-state index is 12.4. The molecular formula is C18H29ClN2O3. The first-order valence-electron chi connectivity index (χ1n) is 8.34. The molecule has 5 nitrogen and oxygen atoms in total. The molecule has 1 heterocycles. The van der Waals surface area contributed by atoms with Gasteiger partial charge in [0.2, 0.25) is 5.91 Å². The Kier molecular flexibility index (Phi) is 9.29. The molecule has 1 aromatic rings. The smallest absolute Gasteiger partial charge is 0.225 e. The molecule has 1 saturated heterocycles. The maximum absolute atomic E-state index is 12.4. The lowest BCUT2D eigenvalue weighted by Crippen LogP contribution is -2.45. The highest BCUT2D eigenvalue weighted by Crippen LogP contribution is 2.18. The number of nitrogens with one attached hydrogen (secondary N) is 1. The van der Waals surface area contributed by atoms with E-state index >= 15 is 0 Å². The molecule has 1 unspecified atom stereocenters. The van der Waals surface area contributed by atoms with Gasteiger partial charge in [0.15, 0.2) is 0 Å². The van der Waals surface area contributed by atoms with Crippen LogP contribution in [0.25, 0.3) is 0 Å². The molecule has 0 radical (unpaired) electrons. The third-order valence-electron chi connectivity index (χ3n) is 4.26. The second kappa shape index (κ2) is 10.7. The van der Waals surface area contributed by atoms with Crippen LogP contribution in [0.15, 0.2) is 30.3 Å². The molecule has 0 aromatic heterocycles. The number of aliphatic hydroxyl groups is 1. The van der Waals surface area contributed by atoms with Crippen molar-refractivity contribution in [3.05, 3.63) is 35.9 Å². The Hall–Kier alpha value is -1.14. The van der Waals surface area contributed by atoms with Crippen LogP contribution in [0.2, 0.25) is 0 Å². The molecule has 2 N–H and O–H groups in total. The Morgan fingerprint density at radius 1 is 1.42 bits per heavy atom. The minimum absolute atomic E-state index is 0. The van der Waals surface area contributed by atoms with Crippen molar-refractivity contribution in [2.45, 2.75) is 38.5 Å². The van der Waals surface area contributed by atoms with Crippen LogP contribution in [0.4, 0.5) is 0 Å². The summed E-state index contributed by atoms with van der Waals surface area (Å²) in [4.78, 5) is 14.1. The van der Waals surface area contributed by atoms with Crippen molar-refractivity contribution in [2.24, 2.45) is 5.92 Å². The molecule has 6 heteroatoms. The van der Waals surface area contributed by atoms with Crippen LogP contribution in [-0.2, 0) is 16.1 Å². The van der Waals surface area contributed by atoms with E-state index in [1.165, 1.54) is 0 Å². The maximum Gasteiger partial charge on any atom is 0.225 e. The lowest BCUT2D eigenvalue weighted by Gasteiger charge is -2.31. The van der Waals surface area contributed by atoms with E-state index in [0.717, 1.165) is 24.9 Å². The summed E-state index contributed by atoms with van der Waals surface area (Å²) in [6, 6.07) is 10.2. The van der Waals surface area contributed by atoms with Gasteiger partial charge in [0.1, 0.15) is 0 Å². The number of nitrogens with zero attached hydrogens (tertiary/aromatic N) is 1. The van der Waals surface area contributed by atoms with E-state index in [1.54, 1.807) is 11.9 Å². The van der Waals surface area contributed by atoms with Crippen LogP contribution in [0.1, 0.15) is 25.3 Å². The average Bonchev–Trinajstić information content (AvgIpc) is 2.55. The Morgan fingerprint density at radius 3 is 2.79 bits per heavy atom. The number of hydrogen-bond acceptors (Lipinski definition) is 4. The number of benzene rings is 1. The standard InChI is InChI=1S/C18H28N2O3.ClH/c1-14-10-16(8-9-19-14)18(22)20(2)11-17(21)13-23-12-15-6-4-3-5-7-15;/h3-7,14,16-17,19,21H,8-13H2,1-2H3;1H/t14-,16-,17?;/m0./s1. The summed E-state index contributed by atoms with van der Waals surface area (Å²) in [7, 11) is 1.76. The molecule has 0 spiro atoms. The number of hydrogen-bond donors (Lipinski definition) is 2. The highest BCUT2D eigenvalue weighted by atomic mass is 35.5. The fraction of sp³-hybridized carbons (Fsp3) is 0.611. The number of carbonyl (C=O) groups is 1. The zero-order valence-electron chi connectivity index (χ0n) is 14.5. The van der Waals surface area contributed by atoms with Gasteiger partial charge >= 0.3 is 0 Å². The molecule has 136 valence electrons. The molecule has 1 aliphatic heterocycles. The third kappa shape index (κ3) is 6.77. The van der Waals surface area contributed by atoms with E-state index in [-0.39, 0.29) is 30.8 Å². The van der Waals surface area contributed by atoms with Crippen molar-refractivity contribution >= 4 is 18.3 Å². The number of likely N-dealkylation sites (N-methyl/N-ethyl adjacent to an activating group) is 1. The predicted molar refractivity (Wildman–Crippen MR) is 97.2 cm³/mol. The summed E-state index contributed by atoms with van der Waals surface area (Å²) in [6.45, 7) is 4.00. The first-order chi connectivity index (χ1) is 11.1. The van der Waals surface area contributed by atoms with Gasteiger partial charge in [0, 0.05) is 25.6 Å². The number of halogens is 1. The highest BCUT2D eigenvalue weighted by molar-refractivity contribution is 5.85. The molecule has 0 bridgehead atoms. The van der Waals surface area contributed by atoms with Gasteiger partial charge in [-0.15, -0.1) is 12.4 Å². The first-order valence-corrected chi connectivity index (χ1v) is 8.34. The van der Waals surface area contributed by atoms with Gasteiger partial charge < -0.3 is 20.1 Å². The van der Waals surface area contributed by atoms with Gasteiger partial charge in [-0.25, -0.2) is 0 Å². The van der Waals surface area contributed by atoms with Crippen LogP contribution >= 0.6 is 12.4 Å². The Morgan fingerprint density at radius 2 is 2.12 bits per heavy atom. The molecule has 3 atom stereocenters. The molecular weight excluding hydrogens is 328 g/mol. The van der Waals surface area contributed by atoms with Crippen molar-refractivity contribution in [2.75, 3.05) is 26.7 Å². The molecule has 0 aliphatic carbocycles. The van der Waals surface area contributed by atoms with Crippen LogP contribution < -0.4 is 5.32 Å². The van der Waals surface area contributed by atoms with Crippen LogP contribution in [0.3, 0.4) is 0 Å². The number of ether oxygens (including phenoxy) is 1. The van der Waals surface area contributed by atoms with Gasteiger partial charge in [-0.2, -0.15) is 0 Å². The quantitative estimate of drug-likeness (QED) is 0.782. The van der Waals surface area contributed by atoms with Crippen LogP contribution in [0, 0.1) is 5.92 Å². The summed E-state index contributed by atoms with van der Waals surface area (Å²) in [5, 5.41) is 13.4. The Labute approximate surface area is 150 Å². The monoisotopic (exact) mass is 356 g/mol. The Balaban J connectivity index is 0.00000288. The van der Waals surface area contributed by atoms with Gasteiger partial charge in [-0.3, -0.25) is 4.79 Å². The van der Waals surface area contributed by atoms with Crippen LogP contribution in [-0.4, -0.2) is 54.8 Å². The van der Waals surface area contributed by atoms with E-state index in [2.05, 4.69) is 12.2 Å². The number of rotatable bonds is 7. The Bertz CT molecular complexity index is 486. The summed E-state index contributed by atoms with van der Waals surface area (Å²) in [5.41, 5.74) is 1.08. The van der Waals surface area contributed by atoms with Crippen molar-refractivity contribution in [1.29, 1.82) is 0 Å². The van der Waals surface area contributed by atoms with Crippen molar-refractivity contribution in [3.63, 3.8) is 0 Å². The van der Waals surface area contributed by atoms with Crippen molar-refractivity contribution in [3.8, 4) is 0 Å². The normalized spacial score (nSPS) is 21.6. The van der Waals surface area contributed by atoms with Gasteiger partial charge in [-0.05, 0) is 31.9 Å². The predicted octanol–water partition coefficient (Wildman–Crippen LogP) is 1.83. The van der Waals surface area contributed by atoms with Gasteiger partial charge in [0.25, 0.3) is 0 Å². The number of carbonyl (C=O) groups excluding carboxylic acids is 1. The van der Waals surface area contributed by atoms with E-state index in [0.29, 0.717) is 19.2 Å². The van der Waals surface area contributed by atoms with Crippen molar-refractivity contribution < 1.29 is 14.6 Å². The third-order valence-corrected chi connectivity index (χ3v) is 4.26. The second-order valence-electron chi connectivity index (χ2n) is 6.45. The molecule has 2 rings (SSSR count). The molecule has 1 amide bonds. The largest absolute Gasteiger partial charge is 0.389 e. The number of amides is 1. The summed E-state index contributed by atoms with van der Waals surface area (Å²) < 4.78 is 5.53. The van der Waals surface area contributed by atoms with Crippen molar-refractivity contribution in [1.82, 2.24) is 10.2 Å².